The number of urea groups is 1. The Morgan fingerprint density at radius 2 is 2.11 bits per heavy atom. The number of nitrogens with one attached hydrogen (secondary N) is 1. The predicted molar refractivity (Wildman–Crippen MR) is 67.6 cm³/mol. The van der Waals surface area contributed by atoms with E-state index in [2.05, 4.69) is 5.32 Å². The highest BCUT2D eigenvalue weighted by Gasteiger charge is 2.27. The van der Waals surface area contributed by atoms with Crippen LogP contribution in [0.1, 0.15) is 5.56 Å². The number of nitrogens with zero attached hydrogens (tertiary/aromatic N) is 1. The van der Waals surface area contributed by atoms with Crippen molar-refractivity contribution in [2.24, 2.45) is 0 Å². The molecule has 7 heteroatoms. The van der Waals surface area contributed by atoms with Crippen molar-refractivity contribution in [3.8, 4) is 0 Å². The van der Waals surface area contributed by atoms with Gasteiger partial charge in [0.15, 0.2) is 11.6 Å². The van der Waals surface area contributed by atoms with E-state index in [-0.39, 0.29) is 24.6 Å². The lowest BCUT2D eigenvalue weighted by Crippen LogP contribution is -2.32. The zero-order valence-corrected chi connectivity index (χ0v) is 10.8. The molecule has 1 saturated heterocycles. The zero-order valence-electron chi connectivity index (χ0n) is 9.99. The second-order valence-corrected chi connectivity index (χ2v) is 5.07. The summed E-state index contributed by atoms with van der Waals surface area (Å²) in [6.45, 7) is 0.300. The second-order valence-electron chi connectivity index (χ2n) is 3.97. The molecule has 1 N–H and O–H groups in total. The van der Waals surface area contributed by atoms with E-state index in [1.807, 2.05) is 0 Å². The fraction of sp³-hybridized carbons (Fsp3) is 0.333. The highest BCUT2D eigenvalue weighted by molar-refractivity contribution is 7.98. The summed E-state index contributed by atoms with van der Waals surface area (Å²) in [5.74, 6) is -1.19. The molecule has 0 bridgehead atoms. The van der Waals surface area contributed by atoms with Crippen LogP contribution in [0.4, 0.5) is 13.6 Å². The smallest absolute Gasteiger partial charge is 0.324 e. The number of carbonyl (C=O) groups excluding carboxylic acids is 2. The van der Waals surface area contributed by atoms with Crippen molar-refractivity contribution in [1.29, 1.82) is 0 Å². The van der Waals surface area contributed by atoms with Crippen LogP contribution in [0.25, 0.3) is 0 Å². The number of thioether (sulfide) groups is 1. The minimum atomic E-state index is -0.868. The van der Waals surface area contributed by atoms with Crippen molar-refractivity contribution in [3.63, 3.8) is 0 Å². The first kappa shape index (κ1) is 13.8. The maximum atomic E-state index is 13.3. The van der Waals surface area contributed by atoms with Crippen molar-refractivity contribution < 1.29 is 18.4 Å². The third-order valence-electron chi connectivity index (χ3n) is 2.69. The SMILES string of the molecule is O=C1CNC(=O)N1CCSCc1cccc(F)c1F. The van der Waals surface area contributed by atoms with Crippen molar-refractivity contribution in [3.05, 3.63) is 35.4 Å². The molecule has 1 aliphatic heterocycles. The molecule has 1 heterocycles. The first-order chi connectivity index (χ1) is 9.09. The van der Waals surface area contributed by atoms with Gasteiger partial charge in [-0.25, -0.2) is 13.6 Å². The number of amides is 3. The van der Waals surface area contributed by atoms with Gasteiger partial charge in [0.1, 0.15) is 0 Å². The average Bonchev–Trinajstić information content (AvgIpc) is 2.70. The van der Waals surface area contributed by atoms with Crippen molar-refractivity contribution >= 4 is 23.7 Å². The van der Waals surface area contributed by atoms with Gasteiger partial charge in [0.05, 0.1) is 6.54 Å². The number of hydrogen-bond donors (Lipinski definition) is 1. The van der Waals surface area contributed by atoms with E-state index in [1.165, 1.54) is 23.9 Å². The largest absolute Gasteiger partial charge is 0.329 e. The van der Waals surface area contributed by atoms with E-state index in [0.29, 0.717) is 11.5 Å². The van der Waals surface area contributed by atoms with Crippen LogP contribution >= 0.6 is 11.8 Å². The van der Waals surface area contributed by atoms with Gasteiger partial charge in [-0.3, -0.25) is 9.69 Å². The third kappa shape index (κ3) is 3.23. The van der Waals surface area contributed by atoms with E-state index in [0.717, 1.165) is 11.0 Å². The number of imide groups is 1. The standard InChI is InChI=1S/C12H12F2N2O2S/c13-9-3-1-2-8(11(9)14)7-19-5-4-16-10(17)6-15-12(16)18/h1-3H,4-7H2,(H,15,18). The summed E-state index contributed by atoms with van der Waals surface area (Å²) in [7, 11) is 0. The summed E-state index contributed by atoms with van der Waals surface area (Å²) in [6, 6.07) is 3.63. The molecule has 1 aromatic carbocycles. The van der Waals surface area contributed by atoms with Crippen LogP contribution in [0.2, 0.25) is 0 Å². The van der Waals surface area contributed by atoms with E-state index < -0.39 is 17.7 Å². The van der Waals surface area contributed by atoms with Gasteiger partial charge < -0.3 is 5.32 Å². The van der Waals surface area contributed by atoms with Crippen LogP contribution in [0.5, 0.6) is 0 Å². The molecular formula is C12H12F2N2O2S. The minimum Gasteiger partial charge on any atom is -0.329 e. The molecule has 0 radical (unpaired) electrons. The molecule has 0 saturated carbocycles. The van der Waals surface area contributed by atoms with Gasteiger partial charge in [0.2, 0.25) is 5.91 Å². The summed E-state index contributed by atoms with van der Waals surface area (Å²) < 4.78 is 26.3. The maximum Gasteiger partial charge on any atom is 0.324 e. The Kier molecular flexibility index (Phi) is 4.36. The summed E-state index contributed by atoms with van der Waals surface area (Å²) >= 11 is 1.34. The molecule has 4 nitrogen and oxygen atoms in total. The van der Waals surface area contributed by atoms with Gasteiger partial charge in [-0.2, -0.15) is 11.8 Å². The molecule has 0 aliphatic carbocycles. The Morgan fingerprint density at radius 1 is 1.32 bits per heavy atom. The number of halogens is 2. The van der Waals surface area contributed by atoms with Gasteiger partial charge in [-0.1, -0.05) is 12.1 Å². The third-order valence-corrected chi connectivity index (χ3v) is 3.67. The van der Waals surface area contributed by atoms with E-state index >= 15 is 0 Å². The van der Waals surface area contributed by atoms with Gasteiger partial charge in [-0.05, 0) is 6.07 Å². The van der Waals surface area contributed by atoms with E-state index in [9.17, 15) is 18.4 Å². The van der Waals surface area contributed by atoms with Crippen molar-refractivity contribution in [1.82, 2.24) is 10.2 Å². The van der Waals surface area contributed by atoms with Crippen LogP contribution in [-0.2, 0) is 10.5 Å². The Morgan fingerprint density at radius 3 is 2.79 bits per heavy atom. The molecule has 2 rings (SSSR count). The molecule has 1 fully saturated rings. The average molecular weight is 286 g/mol. The summed E-state index contributed by atoms with van der Waals surface area (Å²) in [4.78, 5) is 23.6. The topological polar surface area (TPSA) is 49.4 Å². The highest BCUT2D eigenvalue weighted by atomic mass is 32.2. The molecule has 1 aromatic rings. The number of hydrogen-bond acceptors (Lipinski definition) is 3. The molecule has 19 heavy (non-hydrogen) atoms. The molecule has 0 aromatic heterocycles. The predicted octanol–water partition coefficient (Wildman–Crippen LogP) is 1.75. The first-order valence-corrected chi connectivity index (χ1v) is 6.84. The molecule has 0 spiro atoms. The quantitative estimate of drug-likeness (QED) is 0.662. The van der Waals surface area contributed by atoms with E-state index in [1.54, 1.807) is 0 Å². The lowest BCUT2D eigenvalue weighted by atomic mass is 10.2. The van der Waals surface area contributed by atoms with Crippen LogP contribution in [-0.4, -0.2) is 35.7 Å². The molecular weight excluding hydrogens is 274 g/mol. The molecule has 3 amide bonds. The Hall–Kier alpha value is -1.63. The summed E-state index contributed by atoms with van der Waals surface area (Å²) in [5, 5.41) is 2.41. The minimum absolute atomic E-state index is 0.0298. The van der Waals surface area contributed by atoms with Crippen LogP contribution < -0.4 is 5.32 Å². The van der Waals surface area contributed by atoms with E-state index in [4.69, 9.17) is 0 Å². The van der Waals surface area contributed by atoms with Gasteiger partial charge in [0, 0.05) is 23.6 Å². The van der Waals surface area contributed by atoms with Crippen molar-refractivity contribution in [2.45, 2.75) is 5.75 Å². The molecule has 0 unspecified atom stereocenters. The van der Waals surface area contributed by atoms with Gasteiger partial charge >= 0.3 is 6.03 Å². The lowest BCUT2D eigenvalue weighted by molar-refractivity contribution is -0.124. The number of rotatable bonds is 5. The monoisotopic (exact) mass is 286 g/mol. The van der Waals surface area contributed by atoms with Crippen LogP contribution in [0.15, 0.2) is 18.2 Å². The number of carbonyl (C=O) groups is 2. The maximum absolute atomic E-state index is 13.3. The highest BCUT2D eigenvalue weighted by Crippen LogP contribution is 2.18. The zero-order chi connectivity index (χ0) is 13.8. The summed E-state index contributed by atoms with van der Waals surface area (Å²) in [5.41, 5.74) is 0.280. The fourth-order valence-corrected chi connectivity index (χ4v) is 2.58. The Bertz CT molecular complexity index is 495. The lowest BCUT2D eigenvalue weighted by Gasteiger charge is -2.11. The number of benzene rings is 1. The van der Waals surface area contributed by atoms with Gasteiger partial charge in [-0.15, -0.1) is 0 Å². The summed E-state index contributed by atoms with van der Waals surface area (Å²) in [6.07, 6.45) is 0. The molecule has 0 atom stereocenters. The Labute approximate surface area is 113 Å². The molecule has 102 valence electrons. The fourth-order valence-electron chi connectivity index (χ4n) is 1.68. The van der Waals surface area contributed by atoms with Crippen LogP contribution in [0, 0.1) is 11.6 Å². The first-order valence-electron chi connectivity index (χ1n) is 5.68. The molecule has 1 aliphatic rings. The van der Waals surface area contributed by atoms with Crippen LogP contribution in [0.3, 0.4) is 0 Å². The van der Waals surface area contributed by atoms with Crippen molar-refractivity contribution in [2.75, 3.05) is 18.8 Å². The second kappa shape index (κ2) is 6.01. The normalized spacial score (nSPS) is 14.9. The van der Waals surface area contributed by atoms with Gasteiger partial charge in [0.25, 0.3) is 0 Å². The Balaban J connectivity index is 1.79.